The number of carbonyl (C=O) groups excluding carboxylic acids is 2. The summed E-state index contributed by atoms with van der Waals surface area (Å²) in [5.74, 6) is 0.0494. The Kier molecular flexibility index (Phi) is 7.26. The van der Waals surface area contributed by atoms with Crippen molar-refractivity contribution in [1.82, 2.24) is 15.1 Å². The smallest absolute Gasteiger partial charge is 0.319 e. The minimum absolute atomic E-state index is 0.0494. The summed E-state index contributed by atoms with van der Waals surface area (Å²) in [6, 6.07) is 18.8. The van der Waals surface area contributed by atoms with Crippen LogP contribution in [0.15, 0.2) is 54.6 Å². The molecule has 0 atom stereocenters. The summed E-state index contributed by atoms with van der Waals surface area (Å²) >= 11 is 1.42. The fourth-order valence-electron chi connectivity index (χ4n) is 3.77. The number of carbonyl (C=O) groups is 2. The molecule has 0 unspecified atom stereocenters. The monoisotopic (exact) mass is 473 g/mol. The van der Waals surface area contributed by atoms with E-state index in [1.165, 1.54) is 11.3 Å². The molecule has 0 aliphatic carbocycles. The average molecular weight is 474 g/mol. The summed E-state index contributed by atoms with van der Waals surface area (Å²) < 4.78 is 0. The highest BCUT2D eigenvalue weighted by atomic mass is 32.1. The van der Waals surface area contributed by atoms with E-state index in [1.54, 1.807) is 6.07 Å². The van der Waals surface area contributed by atoms with Crippen LogP contribution in [0.1, 0.15) is 26.4 Å². The highest BCUT2D eigenvalue weighted by molar-refractivity contribution is 7.16. The number of anilines is 1. The van der Waals surface area contributed by atoms with E-state index < -0.39 is 0 Å². The van der Waals surface area contributed by atoms with Gasteiger partial charge >= 0.3 is 6.03 Å². The number of aryl methyl sites for hydroxylation is 1. The van der Waals surface area contributed by atoms with Crippen LogP contribution in [-0.4, -0.2) is 55.0 Å². The highest BCUT2D eigenvalue weighted by Gasteiger charge is 2.20. The van der Waals surface area contributed by atoms with Crippen LogP contribution in [0.25, 0.3) is 10.4 Å². The van der Waals surface area contributed by atoms with E-state index in [0.717, 1.165) is 53.4 Å². The molecule has 34 heavy (non-hydrogen) atoms. The highest BCUT2D eigenvalue weighted by Crippen LogP contribution is 2.30. The quantitative estimate of drug-likeness (QED) is 0.578. The minimum Gasteiger partial charge on any atom is -0.336 e. The van der Waals surface area contributed by atoms with Crippen molar-refractivity contribution in [2.45, 2.75) is 13.5 Å². The van der Waals surface area contributed by atoms with Crippen molar-refractivity contribution in [3.05, 3.63) is 76.2 Å². The predicted molar refractivity (Wildman–Crippen MR) is 135 cm³/mol. The van der Waals surface area contributed by atoms with Crippen LogP contribution >= 0.6 is 11.3 Å². The fourth-order valence-corrected chi connectivity index (χ4v) is 4.57. The molecule has 1 aliphatic heterocycles. The molecule has 1 fully saturated rings. The van der Waals surface area contributed by atoms with Crippen LogP contribution in [0.5, 0.6) is 0 Å². The summed E-state index contributed by atoms with van der Waals surface area (Å²) in [7, 11) is 2.06. The Hall–Kier alpha value is -3.67. The van der Waals surface area contributed by atoms with Gasteiger partial charge < -0.3 is 20.4 Å². The topological polar surface area (TPSA) is 88.5 Å². The number of nitrogens with one attached hydrogen (secondary N) is 2. The van der Waals surface area contributed by atoms with E-state index in [1.807, 2.05) is 60.4 Å². The summed E-state index contributed by atoms with van der Waals surface area (Å²) in [6.07, 6.45) is 0. The van der Waals surface area contributed by atoms with Crippen molar-refractivity contribution >= 4 is 29.0 Å². The molecule has 1 saturated heterocycles. The third-order valence-electron chi connectivity index (χ3n) is 5.93. The van der Waals surface area contributed by atoms with E-state index in [4.69, 9.17) is 5.26 Å². The van der Waals surface area contributed by atoms with Crippen molar-refractivity contribution in [3.63, 3.8) is 0 Å². The van der Waals surface area contributed by atoms with Gasteiger partial charge in [0.15, 0.2) is 0 Å². The number of piperazine rings is 1. The van der Waals surface area contributed by atoms with Crippen LogP contribution in [0.3, 0.4) is 0 Å². The zero-order valence-corrected chi connectivity index (χ0v) is 20.1. The first-order valence-corrected chi connectivity index (χ1v) is 12.0. The van der Waals surface area contributed by atoms with Crippen molar-refractivity contribution in [2.24, 2.45) is 0 Å². The van der Waals surface area contributed by atoms with E-state index in [2.05, 4.69) is 28.7 Å². The van der Waals surface area contributed by atoms with E-state index in [-0.39, 0.29) is 11.9 Å². The van der Waals surface area contributed by atoms with Gasteiger partial charge in [-0.25, -0.2) is 4.79 Å². The zero-order chi connectivity index (χ0) is 24.1. The summed E-state index contributed by atoms with van der Waals surface area (Å²) in [5.41, 5.74) is 4.20. The molecule has 0 radical (unpaired) electrons. The lowest BCUT2D eigenvalue weighted by atomic mass is 10.1. The van der Waals surface area contributed by atoms with Crippen LogP contribution in [0.2, 0.25) is 0 Å². The largest absolute Gasteiger partial charge is 0.336 e. The maximum absolute atomic E-state index is 12.7. The number of rotatable bonds is 5. The molecule has 0 saturated carbocycles. The number of nitrogens with zero attached hydrogens (tertiary/aromatic N) is 3. The Morgan fingerprint density at radius 1 is 1.03 bits per heavy atom. The van der Waals surface area contributed by atoms with Crippen molar-refractivity contribution in [2.75, 3.05) is 38.5 Å². The lowest BCUT2D eigenvalue weighted by Gasteiger charge is -2.32. The van der Waals surface area contributed by atoms with Gasteiger partial charge in [0.25, 0.3) is 5.91 Å². The molecule has 2 N–H and O–H groups in total. The van der Waals surface area contributed by atoms with Crippen LogP contribution in [0.4, 0.5) is 10.5 Å². The zero-order valence-electron chi connectivity index (χ0n) is 19.3. The van der Waals surface area contributed by atoms with Gasteiger partial charge in [0, 0.05) is 48.9 Å². The molecule has 1 aliphatic rings. The molecule has 7 nitrogen and oxygen atoms in total. The van der Waals surface area contributed by atoms with Crippen molar-refractivity contribution < 1.29 is 9.59 Å². The normalized spacial score (nSPS) is 13.9. The van der Waals surface area contributed by atoms with Crippen LogP contribution in [-0.2, 0) is 6.54 Å². The third-order valence-corrected chi connectivity index (χ3v) is 6.97. The first kappa shape index (κ1) is 23.5. The lowest BCUT2D eigenvalue weighted by Crippen LogP contribution is -2.47. The Morgan fingerprint density at radius 3 is 2.44 bits per heavy atom. The standard InChI is InChI=1S/C26H27N5O2S/c1-18-3-6-21(24-10-9-22(16-27)34-24)15-23(18)29-26(33)28-17-19-4-7-20(8-5-19)25(32)31-13-11-30(2)12-14-31/h3-10,15H,11-14,17H2,1-2H3,(H2,28,29,33). The lowest BCUT2D eigenvalue weighted by molar-refractivity contribution is 0.0664. The molecule has 174 valence electrons. The number of amides is 3. The number of hydrogen-bond donors (Lipinski definition) is 2. The van der Waals surface area contributed by atoms with E-state index in [9.17, 15) is 9.59 Å². The van der Waals surface area contributed by atoms with Crippen LogP contribution < -0.4 is 10.6 Å². The molecule has 4 rings (SSSR count). The molecule has 0 bridgehead atoms. The van der Waals surface area contributed by atoms with Gasteiger partial charge in [0.1, 0.15) is 10.9 Å². The first-order chi connectivity index (χ1) is 16.4. The number of urea groups is 1. The molecule has 8 heteroatoms. The number of nitriles is 1. The Labute approximate surface area is 203 Å². The maximum atomic E-state index is 12.7. The molecule has 2 heterocycles. The number of benzene rings is 2. The van der Waals surface area contributed by atoms with Crippen molar-refractivity contribution in [1.29, 1.82) is 5.26 Å². The van der Waals surface area contributed by atoms with Crippen molar-refractivity contribution in [3.8, 4) is 16.5 Å². The fraction of sp³-hybridized carbons (Fsp3) is 0.269. The van der Waals surface area contributed by atoms with Gasteiger partial charge in [0.05, 0.1) is 0 Å². The second kappa shape index (κ2) is 10.5. The number of hydrogen-bond acceptors (Lipinski definition) is 5. The molecule has 3 amide bonds. The Balaban J connectivity index is 1.33. The SMILES string of the molecule is Cc1ccc(-c2ccc(C#N)s2)cc1NC(=O)NCc1ccc(C(=O)N2CCN(C)CC2)cc1. The summed E-state index contributed by atoms with van der Waals surface area (Å²) in [5, 5.41) is 14.8. The van der Waals surface area contributed by atoms with Gasteiger partial charge in [-0.2, -0.15) is 5.26 Å². The van der Waals surface area contributed by atoms with Gasteiger partial charge in [0.2, 0.25) is 0 Å². The maximum Gasteiger partial charge on any atom is 0.319 e. The molecular weight excluding hydrogens is 446 g/mol. The molecular formula is C26H27N5O2S. The molecule has 3 aromatic rings. The number of likely N-dealkylation sites (N-methyl/N-ethyl adjacent to an activating group) is 1. The van der Waals surface area contributed by atoms with Gasteiger partial charge in [-0.05, 0) is 61.0 Å². The second-order valence-electron chi connectivity index (χ2n) is 8.41. The second-order valence-corrected chi connectivity index (χ2v) is 9.49. The van der Waals surface area contributed by atoms with Gasteiger partial charge in [-0.1, -0.05) is 24.3 Å². The summed E-state index contributed by atoms with van der Waals surface area (Å²) in [6.45, 7) is 5.55. The Bertz CT molecular complexity index is 1220. The van der Waals surface area contributed by atoms with E-state index in [0.29, 0.717) is 17.0 Å². The molecule has 0 spiro atoms. The van der Waals surface area contributed by atoms with E-state index >= 15 is 0 Å². The van der Waals surface area contributed by atoms with Gasteiger partial charge in [-0.15, -0.1) is 11.3 Å². The molecule has 2 aromatic carbocycles. The molecule has 1 aromatic heterocycles. The third kappa shape index (κ3) is 5.63. The van der Waals surface area contributed by atoms with Crippen LogP contribution in [0, 0.1) is 18.3 Å². The van der Waals surface area contributed by atoms with Gasteiger partial charge in [-0.3, -0.25) is 4.79 Å². The first-order valence-electron chi connectivity index (χ1n) is 11.2. The summed E-state index contributed by atoms with van der Waals surface area (Å²) in [4.78, 5) is 30.9. The minimum atomic E-state index is -0.304. The predicted octanol–water partition coefficient (Wildman–Crippen LogP) is 4.30. The Morgan fingerprint density at radius 2 is 1.76 bits per heavy atom. The number of thiophene rings is 1. The average Bonchev–Trinajstić information content (AvgIpc) is 3.34.